The van der Waals surface area contributed by atoms with E-state index in [0.717, 1.165) is 12.8 Å². The van der Waals surface area contributed by atoms with Gasteiger partial charge >= 0.3 is 5.97 Å². The highest BCUT2D eigenvalue weighted by atomic mass is 16.5. The lowest BCUT2D eigenvalue weighted by atomic mass is 9.66. The van der Waals surface area contributed by atoms with Crippen molar-refractivity contribution in [3.8, 4) is 0 Å². The van der Waals surface area contributed by atoms with Crippen LogP contribution >= 0.6 is 0 Å². The molecule has 0 aromatic rings. The van der Waals surface area contributed by atoms with Crippen LogP contribution in [0.4, 0.5) is 0 Å². The van der Waals surface area contributed by atoms with E-state index in [1.54, 1.807) is 0 Å². The molecule has 76 valence electrons. The Bertz CT molecular complexity index is 220. The number of ether oxygens (including phenoxy) is 1. The Morgan fingerprint density at radius 3 is 2.23 bits per heavy atom. The number of carbonyl (C=O) groups is 1. The summed E-state index contributed by atoms with van der Waals surface area (Å²) in [5, 5.41) is 0. The molecule has 0 aliphatic heterocycles. The SMILES string of the molecule is COC(=O)[C@]1(C)CC[C@H](C)C1(C)C. The van der Waals surface area contributed by atoms with Crippen molar-refractivity contribution in [2.75, 3.05) is 7.11 Å². The molecule has 0 heterocycles. The molecule has 0 bridgehead atoms. The molecular weight excluding hydrogens is 164 g/mol. The number of hydrogen-bond acceptors (Lipinski definition) is 2. The zero-order chi connectivity index (χ0) is 10.3. The van der Waals surface area contributed by atoms with E-state index in [-0.39, 0.29) is 16.8 Å². The zero-order valence-corrected chi connectivity index (χ0v) is 9.31. The van der Waals surface area contributed by atoms with Gasteiger partial charge in [0, 0.05) is 0 Å². The third kappa shape index (κ3) is 1.27. The van der Waals surface area contributed by atoms with Crippen molar-refractivity contribution < 1.29 is 9.53 Å². The van der Waals surface area contributed by atoms with Crippen molar-refractivity contribution in [2.24, 2.45) is 16.7 Å². The summed E-state index contributed by atoms with van der Waals surface area (Å²) >= 11 is 0. The monoisotopic (exact) mass is 184 g/mol. The fourth-order valence-electron chi connectivity index (χ4n) is 2.32. The molecule has 13 heavy (non-hydrogen) atoms. The summed E-state index contributed by atoms with van der Waals surface area (Å²) in [6, 6.07) is 0. The summed E-state index contributed by atoms with van der Waals surface area (Å²) in [5.74, 6) is 0.540. The molecule has 0 spiro atoms. The van der Waals surface area contributed by atoms with E-state index in [9.17, 15) is 4.79 Å². The van der Waals surface area contributed by atoms with Gasteiger partial charge in [-0.05, 0) is 31.1 Å². The van der Waals surface area contributed by atoms with E-state index in [1.807, 2.05) is 6.92 Å². The van der Waals surface area contributed by atoms with Gasteiger partial charge in [0.1, 0.15) is 0 Å². The Hall–Kier alpha value is -0.530. The second-order valence-electron chi connectivity index (χ2n) is 4.99. The van der Waals surface area contributed by atoms with Crippen molar-refractivity contribution >= 4 is 5.97 Å². The Morgan fingerprint density at radius 1 is 1.38 bits per heavy atom. The smallest absolute Gasteiger partial charge is 0.312 e. The van der Waals surface area contributed by atoms with Crippen LogP contribution in [0.5, 0.6) is 0 Å². The van der Waals surface area contributed by atoms with Crippen LogP contribution in [-0.4, -0.2) is 13.1 Å². The molecule has 0 aromatic carbocycles. The molecule has 0 aromatic heterocycles. The lowest BCUT2D eigenvalue weighted by molar-refractivity contribution is -0.158. The zero-order valence-electron chi connectivity index (χ0n) is 9.31. The largest absolute Gasteiger partial charge is 0.469 e. The summed E-state index contributed by atoms with van der Waals surface area (Å²) in [5.41, 5.74) is -0.235. The van der Waals surface area contributed by atoms with Crippen molar-refractivity contribution in [3.05, 3.63) is 0 Å². The molecule has 2 atom stereocenters. The quantitative estimate of drug-likeness (QED) is 0.585. The second-order valence-corrected chi connectivity index (χ2v) is 4.99. The molecule has 0 saturated heterocycles. The van der Waals surface area contributed by atoms with Crippen LogP contribution in [0.1, 0.15) is 40.5 Å². The normalized spacial score (nSPS) is 37.5. The van der Waals surface area contributed by atoms with Crippen LogP contribution in [0.15, 0.2) is 0 Å². The van der Waals surface area contributed by atoms with Crippen LogP contribution < -0.4 is 0 Å². The van der Waals surface area contributed by atoms with Gasteiger partial charge in [0.15, 0.2) is 0 Å². The number of esters is 1. The summed E-state index contributed by atoms with van der Waals surface area (Å²) in [7, 11) is 1.48. The van der Waals surface area contributed by atoms with Crippen LogP contribution in [0.25, 0.3) is 0 Å². The highest BCUT2D eigenvalue weighted by Crippen LogP contribution is 2.56. The molecule has 0 radical (unpaired) electrons. The second kappa shape index (κ2) is 3.00. The predicted octanol–water partition coefficient (Wildman–Crippen LogP) is 2.62. The first-order chi connectivity index (χ1) is 5.86. The first-order valence-corrected chi connectivity index (χ1v) is 4.94. The molecule has 0 unspecified atom stereocenters. The van der Waals surface area contributed by atoms with E-state index in [0.29, 0.717) is 5.92 Å². The fourth-order valence-corrected chi connectivity index (χ4v) is 2.32. The van der Waals surface area contributed by atoms with Gasteiger partial charge in [-0.3, -0.25) is 4.79 Å². The summed E-state index contributed by atoms with van der Waals surface area (Å²) in [4.78, 5) is 11.7. The Kier molecular flexibility index (Phi) is 2.44. The molecule has 2 nitrogen and oxygen atoms in total. The Balaban J connectivity index is 2.98. The molecule has 2 heteroatoms. The third-order valence-electron chi connectivity index (χ3n) is 4.37. The van der Waals surface area contributed by atoms with Gasteiger partial charge in [-0.2, -0.15) is 0 Å². The van der Waals surface area contributed by atoms with Crippen molar-refractivity contribution in [3.63, 3.8) is 0 Å². The standard InChI is InChI=1S/C11H20O2/c1-8-6-7-11(4,9(12)13-5)10(8,2)3/h8H,6-7H2,1-5H3/t8-,11-/m0/s1. The molecule has 1 fully saturated rings. The number of hydrogen-bond donors (Lipinski definition) is 0. The first kappa shape index (κ1) is 10.6. The van der Waals surface area contributed by atoms with Crippen LogP contribution in [0, 0.1) is 16.7 Å². The molecule has 1 saturated carbocycles. The van der Waals surface area contributed by atoms with Crippen molar-refractivity contribution in [1.29, 1.82) is 0 Å². The van der Waals surface area contributed by atoms with Crippen molar-refractivity contribution in [2.45, 2.75) is 40.5 Å². The molecule has 0 amide bonds. The molecule has 1 aliphatic rings. The van der Waals surface area contributed by atoms with E-state index < -0.39 is 0 Å². The van der Waals surface area contributed by atoms with Gasteiger partial charge in [0.05, 0.1) is 12.5 Å². The van der Waals surface area contributed by atoms with Crippen LogP contribution in [0.2, 0.25) is 0 Å². The van der Waals surface area contributed by atoms with Gasteiger partial charge in [-0.15, -0.1) is 0 Å². The van der Waals surface area contributed by atoms with Gasteiger partial charge in [-0.1, -0.05) is 20.8 Å². The van der Waals surface area contributed by atoms with E-state index >= 15 is 0 Å². The van der Waals surface area contributed by atoms with Crippen molar-refractivity contribution in [1.82, 2.24) is 0 Å². The predicted molar refractivity (Wildman–Crippen MR) is 52.3 cm³/mol. The average molecular weight is 184 g/mol. The highest BCUT2D eigenvalue weighted by Gasteiger charge is 2.54. The molecule has 1 rings (SSSR count). The molecule has 1 aliphatic carbocycles. The summed E-state index contributed by atoms with van der Waals surface area (Å²) < 4.78 is 4.88. The van der Waals surface area contributed by atoms with Gasteiger partial charge in [0.25, 0.3) is 0 Å². The maximum atomic E-state index is 11.7. The topological polar surface area (TPSA) is 26.3 Å². The summed E-state index contributed by atoms with van der Waals surface area (Å²) in [6.45, 7) is 8.58. The fraction of sp³-hybridized carbons (Fsp3) is 0.909. The number of methoxy groups -OCH3 is 1. The van der Waals surface area contributed by atoms with E-state index in [2.05, 4.69) is 20.8 Å². The van der Waals surface area contributed by atoms with Crippen LogP contribution in [-0.2, 0) is 9.53 Å². The minimum Gasteiger partial charge on any atom is -0.469 e. The van der Waals surface area contributed by atoms with E-state index in [4.69, 9.17) is 4.74 Å². The lowest BCUT2D eigenvalue weighted by Gasteiger charge is -2.38. The summed E-state index contributed by atoms with van der Waals surface area (Å²) in [6.07, 6.45) is 2.08. The van der Waals surface area contributed by atoms with Crippen LogP contribution in [0.3, 0.4) is 0 Å². The number of rotatable bonds is 1. The number of carbonyl (C=O) groups excluding carboxylic acids is 1. The Labute approximate surface area is 80.7 Å². The molecular formula is C11H20O2. The van der Waals surface area contributed by atoms with Gasteiger partial charge in [-0.25, -0.2) is 0 Å². The first-order valence-electron chi connectivity index (χ1n) is 4.94. The minimum atomic E-state index is -0.291. The minimum absolute atomic E-state index is 0.0538. The molecule has 0 N–H and O–H groups in total. The maximum Gasteiger partial charge on any atom is 0.312 e. The lowest BCUT2D eigenvalue weighted by Crippen LogP contribution is -2.40. The third-order valence-corrected chi connectivity index (χ3v) is 4.37. The maximum absolute atomic E-state index is 11.7. The van der Waals surface area contributed by atoms with Gasteiger partial charge < -0.3 is 4.74 Å². The highest BCUT2D eigenvalue weighted by molar-refractivity contribution is 5.77. The Morgan fingerprint density at radius 2 is 1.92 bits per heavy atom. The van der Waals surface area contributed by atoms with E-state index in [1.165, 1.54) is 7.11 Å². The van der Waals surface area contributed by atoms with Gasteiger partial charge in [0.2, 0.25) is 0 Å². The average Bonchev–Trinajstić information content (AvgIpc) is 2.29.